The fourth-order valence-corrected chi connectivity index (χ4v) is 1.63. The summed E-state index contributed by atoms with van der Waals surface area (Å²) >= 11 is 0. The Morgan fingerprint density at radius 1 is 1.32 bits per heavy atom. The van der Waals surface area contributed by atoms with Gasteiger partial charge in [-0.05, 0) is 32.4 Å². The first-order chi connectivity index (χ1) is 10.5. The first kappa shape index (κ1) is 17.4. The minimum atomic E-state index is -0.503. The molecule has 120 valence electrons. The van der Waals surface area contributed by atoms with Gasteiger partial charge in [0.1, 0.15) is 12.1 Å². The number of nitrogens with one attached hydrogen (secondary N) is 1. The Bertz CT molecular complexity index is 572. The Hall–Kier alpha value is -2.64. The van der Waals surface area contributed by atoms with Gasteiger partial charge < -0.3 is 9.47 Å². The van der Waals surface area contributed by atoms with Crippen molar-refractivity contribution in [2.24, 2.45) is 5.10 Å². The van der Waals surface area contributed by atoms with Crippen LogP contribution in [0.15, 0.2) is 23.3 Å². The third-order valence-electron chi connectivity index (χ3n) is 2.56. The average molecular weight is 309 g/mol. The molecule has 1 aromatic carbocycles. The van der Waals surface area contributed by atoms with Crippen LogP contribution in [0, 0.1) is 17.0 Å². The molecule has 0 saturated heterocycles. The van der Waals surface area contributed by atoms with Crippen LogP contribution in [0.4, 0.5) is 11.4 Å². The standard InChI is InChI=1S/C14H19N3O5/c1-4-21-13(9-14(18)22-5-2)16-15-11-7-6-10(3)8-12(11)17(19)20/h6-8,15H,4-5,9H2,1-3H3/b16-13+. The van der Waals surface area contributed by atoms with Crippen molar-refractivity contribution in [1.29, 1.82) is 0 Å². The summed E-state index contributed by atoms with van der Waals surface area (Å²) in [7, 11) is 0. The van der Waals surface area contributed by atoms with Crippen LogP contribution in [-0.2, 0) is 14.3 Å². The van der Waals surface area contributed by atoms with Crippen molar-refractivity contribution in [3.8, 4) is 0 Å². The smallest absolute Gasteiger partial charge is 0.315 e. The van der Waals surface area contributed by atoms with Gasteiger partial charge in [-0.2, -0.15) is 0 Å². The van der Waals surface area contributed by atoms with Crippen molar-refractivity contribution < 1.29 is 19.2 Å². The van der Waals surface area contributed by atoms with Gasteiger partial charge in [-0.15, -0.1) is 5.10 Å². The van der Waals surface area contributed by atoms with Crippen LogP contribution in [-0.4, -0.2) is 30.0 Å². The number of esters is 1. The van der Waals surface area contributed by atoms with Crippen LogP contribution in [0.25, 0.3) is 0 Å². The van der Waals surface area contributed by atoms with E-state index in [0.717, 1.165) is 5.56 Å². The Kier molecular flexibility index (Phi) is 6.81. The van der Waals surface area contributed by atoms with Gasteiger partial charge in [0.15, 0.2) is 0 Å². The monoisotopic (exact) mass is 309 g/mol. The summed E-state index contributed by atoms with van der Waals surface area (Å²) in [6, 6.07) is 4.70. The number of carbonyl (C=O) groups is 1. The maximum atomic E-state index is 11.4. The third kappa shape index (κ3) is 5.39. The van der Waals surface area contributed by atoms with Gasteiger partial charge in [0.05, 0.1) is 18.1 Å². The van der Waals surface area contributed by atoms with Crippen LogP contribution < -0.4 is 5.43 Å². The fourth-order valence-electron chi connectivity index (χ4n) is 1.63. The highest BCUT2D eigenvalue weighted by molar-refractivity contribution is 5.94. The zero-order chi connectivity index (χ0) is 16.5. The second kappa shape index (κ2) is 8.60. The predicted octanol–water partition coefficient (Wildman–Crippen LogP) is 2.62. The van der Waals surface area contributed by atoms with Crippen molar-refractivity contribution in [3.63, 3.8) is 0 Å². The number of rotatable bonds is 7. The van der Waals surface area contributed by atoms with Gasteiger partial charge in [-0.1, -0.05) is 6.07 Å². The van der Waals surface area contributed by atoms with E-state index in [9.17, 15) is 14.9 Å². The van der Waals surface area contributed by atoms with E-state index in [2.05, 4.69) is 10.5 Å². The molecule has 22 heavy (non-hydrogen) atoms. The first-order valence-corrected chi connectivity index (χ1v) is 6.84. The quantitative estimate of drug-likeness (QED) is 0.273. The summed E-state index contributed by atoms with van der Waals surface area (Å²) in [5.41, 5.74) is 3.45. The molecule has 0 heterocycles. The molecule has 0 atom stereocenters. The van der Waals surface area contributed by atoms with Crippen LogP contribution in [0.2, 0.25) is 0 Å². The molecule has 0 fully saturated rings. The van der Waals surface area contributed by atoms with Crippen LogP contribution in [0.1, 0.15) is 25.8 Å². The fraction of sp³-hybridized carbons (Fsp3) is 0.429. The Morgan fingerprint density at radius 2 is 2.00 bits per heavy atom. The van der Waals surface area contributed by atoms with Gasteiger partial charge in [0.2, 0.25) is 5.90 Å². The number of ether oxygens (including phenoxy) is 2. The van der Waals surface area contributed by atoms with Gasteiger partial charge in [0.25, 0.3) is 5.69 Å². The molecule has 1 N–H and O–H groups in total. The molecule has 0 radical (unpaired) electrons. The van der Waals surface area contributed by atoms with Crippen LogP contribution in [0.3, 0.4) is 0 Å². The molecular weight excluding hydrogens is 290 g/mol. The Labute approximate surface area is 128 Å². The highest BCUT2D eigenvalue weighted by Gasteiger charge is 2.15. The molecule has 8 nitrogen and oxygen atoms in total. The zero-order valence-corrected chi connectivity index (χ0v) is 12.8. The van der Waals surface area contributed by atoms with Gasteiger partial charge in [-0.3, -0.25) is 20.3 Å². The largest absolute Gasteiger partial charge is 0.480 e. The molecule has 0 aliphatic carbocycles. The lowest BCUT2D eigenvalue weighted by atomic mass is 10.2. The Morgan fingerprint density at radius 3 is 2.59 bits per heavy atom. The number of hydrazone groups is 1. The van der Waals surface area contributed by atoms with E-state index < -0.39 is 10.9 Å². The second-order valence-electron chi connectivity index (χ2n) is 4.31. The van der Waals surface area contributed by atoms with Crippen LogP contribution >= 0.6 is 0 Å². The molecule has 0 aromatic heterocycles. The number of carbonyl (C=O) groups excluding carboxylic acids is 1. The predicted molar refractivity (Wildman–Crippen MR) is 81.8 cm³/mol. The van der Waals surface area contributed by atoms with Crippen molar-refractivity contribution in [2.75, 3.05) is 18.6 Å². The van der Waals surface area contributed by atoms with Crippen molar-refractivity contribution >= 4 is 23.2 Å². The topological polar surface area (TPSA) is 103 Å². The summed E-state index contributed by atoms with van der Waals surface area (Å²) in [5.74, 6) is -0.370. The lowest BCUT2D eigenvalue weighted by Crippen LogP contribution is -2.15. The number of aryl methyl sites for hydroxylation is 1. The van der Waals surface area contributed by atoms with Crippen molar-refractivity contribution in [2.45, 2.75) is 27.2 Å². The van der Waals surface area contributed by atoms with Crippen LogP contribution in [0.5, 0.6) is 0 Å². The van der Waals surface area contributed by atoms with E-state index in [-0.39, 0.29) is 30.3 Å². The zero-order valence-electron chi connectivity index (χ0n) is 12.8. The molecule has 0 aliphatic rings. The number of nitrogens with zero attached hydrogens (tertiary/aromatic N) is 2. The molecule has 1 aromatic rings. The second-order valence-corrected chi connectivity index (χ2v) is 4.31. The maximum Gasteiger partial charge on any atom is 0.315 e. The van der Waals surface area contributed by atoms with Gasteiger partial charge >= 0.3 is 5.97 Å². The Balaban J connectivity index is 2.90. The highest BCUT2D eigenvalue weighted by Crippen LogP contribution is 2.25. The number of nitro groups is 1. The first-order valence-electron chi connectivity index (χ1n) is 6.84. The van der Waals surface area contributed by atoms with E-state index in [1.807, 2.05) is 0 Å². The molecule has 0 aliphatic heterocycles. The number of hydrogen-bond acceptors (Lipinski definition) is 7. The van der Waals surface area contributed by atoms with Crippen molar-refractivity contribution in [3.05, 3.63) is 33.9 Å². The summed E-state index contributed by atoms with van der Waals surface area (Å²) in [5, 5.41) is 14.9. The SMILES string of the molecule is CCOC(=O)C/C(=N\Nc1ccc(C)cc1[N+](=O)[O-])OCC. The van der Waals surface area contributed by atoms with E-state index in [1.54, 1.807) is 32.9 Å². The molecule has 0 bridgehead atoms. The summed E-state index contributed by atoms with van der Waals surface area (Å²) < 4.78 is 10.0. The molecule has 0 amide bonds. The van der Waals surface area contributed by atoms with Gasteiger partial charge in [0, 0.05) is 6.07 Å². The van der Waals surface area contributed by atoms with E-state index in [4.69, 9.17) is 9.47 Å². The summed E-state index contributed by atoms with van der Waals surface area (Å²) in [4.78, 5) is 22.0. The number of anilines is 1. The van der Waals surface area contributed by atoms with E-state index in [1.165, 1.54) is 6.07 Å². The molecule has 8 heteroatoms. The molecule has 0 unspecified atom stereocenters. The van der Waals surface area contributed by atoms with Crippen molar-refractivity contribution in [1.82, 2.24) is 0 Å². The van der Waals surface area contributed by atoms with E-state index >= 15 is 0 Å². The molecular formula is C14H19N3O5. The maximum absolute atomic E-state index is 11.4. The molecule has 1 rings (SSSR count). The number of nitro benzene ring substituents is 1. The molecule has 0 saturated carbocycles. The lowest BCUT2D eigenvalue weighted by Gasteiger charge is -2.08. The minimum Gasteiger partial charge on any atom is -0.480 e. The summed E-state index contributed by atoms with van der Waals surface area (Å²) in [6.07, 6.45) is -0.145. The normalized spacial score (nSPS) is 11.0. The van der Waals surface area contributed by atoms with E-state index in [0.29, 0.717) is 6.61 Å². The number of benzene rings is 1. The van der Waals surface area contributed by atoms with Gasteiger partial charge in [-0.25, -0.2) is 0 Å². The summed E-state index contributed by atoms with van der Waals surface area (Å²) in [6.45, 7) is 5.77. The third-order valence-corrected chi connectivity index (χ3v) is 2.56. The molecule has 0 spiro atoms. The lowest BCUT2D eigenvalue weighted by molar-refractivity contribution is -0.384. The number of hydrogen-bond donors (Lipinski definition) is 1. The minimum absolute atomic E-state index is 0.101. The average Bonchev–Trinajstić information content (AvgIpc) is 2.46. The highest BCUT2D eigenvalue weighted by atomic mass is 16.6.